The first-order valence-corrected chi connectivity index (χ1v) is 4.90. The summed E-state index contributed by atoms with van der Waals surface area (Å²) in [5, 5.41) is 0. The van der Waals surface area contributed by atoms with E-state index in [0.717, 1.165) is 12.2 Å². The first kappa shape index (κ1) is 8.66. The van der Waals surface area contributed by atoms with Crippen molar-refractivity contribution in [3.63, 3.8) is 0 Å². The van der Waals surface area contributed by atoms with Crippen molar-refractivity contribution in [1.82, 2.24) is 0 Å². The van der Waals surface area contributed by atoms with Crippen LogP contribution in [0.15, 0.2) is 35.3 Å². The van der Waals surface area contributed by atoms with Gasteiger partial charge in [-0.3, -0.25) is 0 Å². The van der Waals surface area contributed by atoms with Gasteiger partial charge in [0, 0.05) is 5.75 Å². The number of hydrogen-bond acceptors (Lipinski definition) is 1. The van der Waals surface area contributed by atoms with Crippen LogP contribution in [0.3, 0.4) is 0 Å². The molecule has 0 radical (unpaired) electrons. The molecule has 0 aromatic carbocycles. The van der Waals surface area contributed by atoms with Crippen LogP contribution in [0.25, 0.3) is 0 Å². The lowest BCUT2D eigenvalue weighted by Crippen LogP contribution is -1.85. The van der Waals surface area contributed by atoms with E-state index in [2.05, 4.69) is 31.7 Å². The molecule has 0 aromatic rings. The van der Waals surface area contributed by atoms with Gasteiger partial charge >= 0.3 is 0 Å². The Labute approximate surface area is 73.1 Å². The molecule has 0 N–H and O–H groups in total. The molecule has 1 heteroatoms. The molecule has 0 fully saturated rings. The van der Waals surface area contributed by atoms with Crippen LogP contribution in [0.4, 0.5) is 0 Å². The van der Waals surface area contributed by atoms with Gasteiger partial charge in [-0.2, -0.15) is 0 Å². The quantitative estimate of drug-likeness (QED) is 0.578. The lowest BCUT2D eigenvalue weighted by molar-refractivity contribution is 0.971. The van der Waals surface area contributed by atoms with Crippen molar-refractivity contribution in [2.75, 3.05) is 5.75 Å². The van der Waals surface area contributed by atoms with Crippen molar-refractivity contribution in [2.45, 2.75) is 19.8 Å². The second-order valence-corrected chi connectivity index (χ2v) is 3.98. The first-order chi connectivity index (χ1) is 5.29. The zero-order valence-electron chi connectivity index (χ0n) is 6.97. The van der Waals surface area contributed by atoms with Crippen molar-refractivity contribution in [2.24, 2.45) is 0 Å². The molecule has 0 saturated heterocycles. The smallest absolute Gasteiger partial charge is 0.0160 e. The molecule has 60 valence electrons. The van der Waals surface area contributed by atoms with Crippen molar-refractivity contribution in [3.8, 4) is 0 Å². The van der Waals surface area contributed by atoms with Gasteiger partial charge in [-0.25, -0.2) is 0 Å². The summed E-state index contributed by atoms with van der Waals surface area (Å²) >= 11 is 1.94. The van der Waals surface area contributed by atoms with Crippen LogP contribution in [0.2, 0.25) is 0 Å². The van der Waals surface area contributed by atoms with Crippen LogP contribution in [0.5, 0.6) is 0 Å². The largest absolute Gasteiger partial charge is 0.126 e. The normalized spacial score (nSPS) is 16.3. The average Bonchev–Trinajstić information content (AvgIpc) is 2.03. The van der Waals surface area contributed by atoms with Gasteiger partial charge in [0.25, 0.3) is 0 Å². The monoisotopic (exact) mass is 166 g/mol. The number of thioether (sulfide) groups is 1. The minimum atomic E-state index is 1.13. The summed E-state index contributed by atoms with van der Waals surface area (Å²) in [6.07, 6.45) is 8.84. The Balaban J connectivity index is 2.31. The fourth-order valence-corrected chi connectivity index (χ4v) is 1.77. The Hall–Kier alpha value is -0.430. The van der Waals surface area contributed by atoms with Crippen molar-refractivity contribution < 1.29 is 0 Å². The van der Waals surface area contributed by atoms with E-state index in [4.69, 9.17) is 0 Å². The van der Waals surface area contributed by atoms with E-state index >= 15 is 0 Å². The molecule has 0 amide bonds. The maximum atomic E-state index is 3.89. The summed E-state index contributed by atoms with van der Waals surface area (Å²) in [6.45, 7) is 5.97. The summed E-state index contributed by atoms with van der Waals surface area (Å²) in [7, 11) is 0. The van der Waals surface area contributed by atoms with Crippen LogP contribution in [0, 0.1) is 0 Å². The topological polar surface area (TPSA) is 0 Å². The Kier molecular flexibility index (Phi) is 3.50. The fourth-order valence-electron chi connectivity index (χ4n) is 0.926. The predicted molar refractivity (Wildman–Crippen MR) is 53.7 cm³/mol. The van der Waals surface area contributed by atoms with Crippen LogP contribution in [-0.4, -0.2) is 5.75 Å². The average molecular weight is 166 g/mol. The summed E-state index contributed by atoms with van der Waals surface area (Å²) in [6, 6.07) is 0. The number of rotatable bonds is 3. The van der Waals surface area contributed by atoms with Crippen molar-refractivity contribution in [3.05, 3.63) is 35.3 Å². The molecular weight excluding hydrogens is 152 g/mol. The Morgan fingerprint density at radius 3 is 3.09 bits per heavy atom. The second-order valence-electron chi connectivity index (χ2n) is 2.83. The van der Waals surface area contributed by atoms with E-state index < -0.39 is 0 Å². The second kappa shape index (κ2) is 4.45. The molecule has 1 rings (SSSR count). The van der Waals surface area contributed by atoms with Gasteiger partial charge in [0.05, 0.1) is 0 Å². The van der Waals surface area contributed by atoms with Gasteiger partial charge in [0.2, 0.25) is 0 Å². The van der Waals surface area contributed by atoms with E-state index in [9.17, 15) is 0 Å². The zero-order chi connectivity index (χ0) is 8.10. The minimum Gasteiger partial charge on any atom is -0.126 e. The highest BCUT2D eigenvalue weighted by Crippen LogP contribution is 2.25. The molecule has 1 aliphatic heterocycles. The SMILES string of the molecule is C=C(C)CCC1=CC=CCS1. The van der Waals surface area contributed by atoms with E-state index in [1.165, 1.54) is 16.9 Å². The van der Waals surface area contributed by atoms with Crippen LogP contribution in [0.1, 0.15) is 19.8 Å². The Bertz CT molecular complexity index is 199. The summed E-state index contributed by atoms with van der Waals surface area (Å²) < 4.78 is 0. The maximum absolute atomic E-state index is 3.89. The summed E-state index contributed by atoms with van der Waals surface area (Å²) in [5.74, 6) is 1.14. The fraction of sp³-hybridized carbons (Fsp3) is 0.400. The van der Waals surface area contributed by atoms with Gasteiger partial charge in [-0.15, -0.1) is 18.3 Å². The van der Waals surface area contributed by atoms with E-state index in [0.29, 0.717) is 0 Å². The molecule has 0 atom stereocenters. The van der Waals surface area contributed by atoms with Gasteiger partial charge in [-0.1, -0.05) is 23.8 Å². The van der Waals surface area contributed by atoms with Crippen molar-refractivity contribution >= 4 is 11.8 Å². The van der Waals surface area contributed by atoms with Crippen LogP contribution >= 0.6 is 11.8 Å². The Morgan fingerprint density at radius 2 is 2.55 bits per heavy atom. The van der Waals surface area contributed by atoms with Gasteiger partial charge in [-0.05, 0) is 24.7 Å². The molecular formula is C10H14S. The van der Waals surface area contributed by atoms with E-state index in [-0.39, 0.29) is 0 Å². The van der Waals surface area contributed by atoms with Crippen LogP contribution in [-0.2, 0) is 0 Å². The van der Waals surface area contributed by atoms with E-state index in [1.54, 1.807) is 0 Å². The highest BCUT2D eigenvalue weighted by molar-refractivity contribution is 8.03. The minimum absolute atomic E-state index is 1.13. The van der Waals surface area contributed by atoms with Gasteiger partial charge in [0.1, 0.15) is 0 Å². The molecule has 0 aromatic heterocycles. The highest BCUT2D eigenvalue weighted by atomic mass is 32.2. The highest BCUT2D eigenvalue weighted by Gasteiger charge is 1.99. The first-order valence-electron chi connectivity index (χ1n) is 3.92. The third kappa shape index (κ3) is 3.47. The molecule has 0 saturated carbocycles. The Morgan fingerprint density at radius 1 is 1.73 bits per heavy atom. The van der Waals surface area contributed by atoms with E-state index in [1.807, 2.05) is 11.8 Å². The molecule has 1 heterocycles. The third-order valence-electron chi connectivity index (χ3n) is 1.58. The van der Waals surface area contributed by atoms with Gasteiger partial charge in [0.15, 0.2) is 0 Å². The predicted octanol–water partition coefficient (Wildman–Crippen LogP) is 3.53. The number of allylic oxidation sites excluding steroid dienone is 4. The molecule has 1 aliphatic rings. The standard InChI is InChI=1S/C10H14S/c1-9(2)6-7-10-5-3-4-8-11-10/h3-5H,1,6-8H2,2H3. The third-order valence-corrected chi connectivity index (χ3v) is 2.65. The maximum Gasteiger partial charge on any atom is 0.0160 e. The molecule has 0 bridgehead atoms. The van der Waals surface area contributed by atoms with Crippen molar-refractivity contribution in [1.29, 1.82) is 0 Å². The number of hydrogen-bond donors (Lipinski definition) is 0. The lowest BCUT2D eigenvalue weighted by Gasteiger charge is -2.07. The molecule has 0 spiro atoms. The molecule has 0 unspecified atom stereocenters. The summed E-state index contributed by atoms with van der Waals surface area (Å²) in [4.78, 5) is 1.50. The molecule has 0 aliphatic carbocycles. The zero-order valence-corrected chi connectivity index (χ0v) is 7.79. The van der Waals surface area contributed by atoms with Gasteiger partial charge < -0.3 is 0 Å². The lowest BCUT2D eigenvalue weighted by atomic mass is 10.2. The molecule has 0 nitrogen and oxygen atoms in total. The van der Waals surface area contributed by atoms with Crippen LogP contribution < -0.4 is 0 Å². The summed E-state index contributed by atoms with van der Waals surface area (Å²) in [5.41, 5.74) is 1.28. The molecule has 11 heavy (non-hydrogen) atoms.